The average Bonchev–Trinajstić information content (AvgIpc) is 3.28. The smallest absolute Gasteiger partial charge is 0.259 e. The number of aryl methyl sites for hydroxylation is 3. The van der Waals surface area contributed by atoms with Crippen molar-refractivity contribution < 1.29 is 23.2 Å². The van der Waals surface area contributed by atoms with Gasteiger partial charge in [-0.2, -0.15) is 0 Å². The summed E-state index contributed by atoms with van der Waals surface area (Å²) >= 11 is 0. The van der Waals surface area contributed by atoms with Crippen LogP contribution in [0.15, 0.2) is 39.3 Å². The number of pyridine rings is 1. The molecule has 0 unspecified atom stereocenters. The number of fused-ring (bicyclic) bond motifs is 1. The molecule has 1 aromatic carbocycles. The van der Waals surface area contributed by atoms with E-state index in [4.69, 9.17) is 18.4 Å². The molecule has 1 amide bonds. The Labute approximate surface area is 172 Å². The van der Waals surface area contributed by atoms with E-state index in [0.29, 0.717) is 45.3 Å². The fourth-order valence-corrected chi connectivity index (χ4v) is 3.37. The summed E-state index contributed by atoms with van der Waals surface area (Å²) in [4.78, 5) is 17.8. The highest BCUT2D eigenvalue weighted by atomic mass is 16.5. The summed E-state index contributed by atoms with van der Waals surface area (Å²) in [6.45, 7) is 5.48. The monoisotopic (exact) mass is 407 g/mol. The lowest BCUT2D eigenvalue weighted by molar-refractivity contribution is 0.102. The van der Waals surface area contributed by atoms with Crippen LogP contribution < -0.4 is 14.8 Å². The summed E-state index contributed by atoms with van der Waals surface area (Å²) in [5.41, 5.74) is 3.16. The minimum Gasteiger partial charge on any atom is -0.497 e. The van der Waals surface area contributed by atoms with E-state index in [1.165, 1.54) is 0 Å². The maximum atomic E-state index is 13.2. The first-order valence-corrected chi connectivity index (χ1v) is 9.28. The van der Waals surface area contributed by atoms with Crippen molar-refractivity contribution in [1.29, 1.82) is 0 Å². The van der Waals surface area contributed by atoms with E-state index < -0.39 is 0 Å². The Morgan fingerprint density at radius 2 is 1.70 bits per heavy atom. The molecule has 3 heterocycles. The molecule has 8 heteroatoms. The van der Waals surface area contributed by atoms with Crippen LogP contribution in [0.1, 0.15) is 27.6 Å². The number of methoxy groups -OCH3 is 2. The van der Waals surface area contributed by atoms with E-state index in [0.717, 1.165) is 11.3 Å². The number of furan rings is 1. The van der Waals surface area contributed by atoms with Gasteiger partial charge in [-0.1, -0.05) is 5.16 Å². The number of aromatic nitrogens is 2. The number of nitrogens with zero attached hydrogens (tertiary/aromatic N) is 2. The lowest BCUT2D eigenvalue weighted by atomic mass is 10.1. The van der Waals surface area contributed by atoms with Gasteiger partial charge in [0.25, 0.3) is 11.6 Å². The lowest BCUT2D eigenvalue weighted by Crippen LogP contribution is -2.13. The van der Waals surface area contributed by atoms with Crippen molar-refractivity contribution in [1.82, 2.24) is 10.1 Å². The maximum absolute atomic E-state index is 13.2. The predicted octanol–water partition coefficient (Wildman–Crippen LogP) is 4.68. The number of hydrogen-bond acceptors (Lipinski definition) is 7. The number of ether oxygens (including phenoxy) is 2. The van der Waals surface area contributed by atoms with Gasteiger partial charge in [0, 0.05) is 29.4 Å². The van der Waals surface area contributed by atoms with Crippen LogP contribution in [0.3, 0.4) is 0 Å². The Morgan fingerprint density at radius 3 is 2.30 bits per heavy atom. The van der Waals surface area contributed by atoms with Gasteiger partial charge in [0.15, 0.2) is 0 Å². The first kappa shape index (κ1) is 19.5. The van der Waals surface area contributed by atoms with Gasteiger partial charge in [-0.15, -0.1) is 0 Å². The molecule has 154 valence electrons. The van der Waals surface area contributed by atoms with Crippen LogP contribution in [-0.2, 0) is 0 Å². The second-order valence-electron chi connectivity index (χ2n) is 6.89. The van der Waals surface area contributed by atoms with Crippen molar-refractivity contribution in [2.75, 3.05) is 19.5 Å². The van der Waals surface area contributed by atoms with Crippen LogP contribution in [0.2, 0.25) is 0 Å². The van der Waals surface area contributed by atoms with Crippen molar-refractivity contribution in [3.8, 4) is 22.8 Å². The summed E-state index contributed by atoms with van der Waals surface area (Å²) in [5, 5.41) is 7.44. The normalized spacial score (nSPS) is 11.0. The van der Waals surface area contributed by atoms with Gasteiger partial charge in [-0.05, 0) is 32.9 Å². The number of hydrogen-bond donors (Lipinski definition) is 1. The third-order valence-corrected chi connectivity index (χ3v) is 4.79. The fraction of sp³-hybridized carbons (Fsp3) is 0.227. The SMILES string of the molecule is COc1cc(NC(=O)c2cc(-c3cc(C)oc3C)nc3onc(C)c23)cc(OC)c1. The molecule has 4 rings (SSSR count). The molecule has 0 fully saturated rings. The summed E-state index contributed by atoms with van der Waals surface area (Å²) in [5.74, 6) is 2.27. The summed E-state index contributed by atoms with van der Waals surface area (Å²) < 4.78 is 21.5. The second-order valence-corrected chi connectivity index (χ2v) is 6.89. The lowest BCUT2D eigenvalue weighted by Gasteiger charge is -2.11. The van der Waals surface area contributed by atoms with E-state index >= 15 is 0 Å². The Hall–Kier alpha value is -3.81. The molecule has 0 aliphatic carbocycles. The van der Waals surface area contributed by atoms with Crippen molar-refractivity contribution >= 4 is 22.7 Å². The molecule has 30 heavy (non-hydrogen) atoms. The number of anilines is 1. The largest absolute Gasteiger partial charge is 0.497 e. The van der Waals surface area contributed by atoms with E-state index in [1.807, 2.05) is 19.9 Å². The van der Waals surface area contributed by atoms with Crippen LogP contribution in [0, 0.1) is 20.8 Å². The Bertz CT molecular complexity index is 1230. The molecule has 0 spiro atoms. The Balaban J connectivity index is 1.80. The molecule has 3 aromatic heterocycles. The number of nitrogens with one attached hydrogen (secondary N) is 1. The minimum absolute atomic E-state index is 0.289. The number of carbonyl (C=O) groups excluding carboxylic acids is 1. The number of rotatable bonds is 5. The van der Waals surface area contributed by atoms with Gasteiger partial charge in [0.2, 0.25) is 0 Å². The molecular formula is C22H21N3O5. The Morgan fingerprint density at radius 1 is 1.00 bits per heavy atom. The number of amides is 1. The highest BCUT2D eigenvalue weighted by Gasteiger charge is 2.21. The zero-order chi connectivity index (χ0) is 21.4. The van der Waals surface area contributed by atoms with Gasteiger partial charge in [-0.25, -0.2) is 4.98 Å². The highest BCUT2D eigenvalue weighted by molar-refractivity contribution is 6.13. The topological polar surface area (TPSA) is 99.6 Å². The molecular weight excluding hydrogens is 386 g/mol. The van der Waals surface area contributed by atoms with Crippen molar-refractivity contribution in [3.05, 3.63) is 53.1 Å². The summed E-state index contributed by atoms with van der Waals surface area (Å²) in [7, 11) is 3.10. The second kappa shape index (κ2) is 7.55. The van der Waals surface area contributed by atoms with Crippen LogP contribution in [0.5, 0.6) is 11.5 Å². The molecule has 8 nitrogen and oxygen atoms in total. The van der Waals surface area contributed by atoms with E-state index in [9.17, 15) is 4.79 Å². The third kappa shape index (κ3) is 3.47. The third-order valence-electron chi connectivity index (χ3n) is 4.79. The molecule has 0 aliphatic heterocycles. The highest BCUT2D eigenvalue weighted by Crippen LogP contribution is 2.31. The van der Waals surface area contributed by atoms with Crippen molar-refractivity contribution in [2.24, 2.45) is 0 Å². The first-order chi connectivity index (χ1) is 14.4. The van der Waals surface area contributed by atoms with Crippen LogP contribution >= 0.6 is 0 Å². The van der Waals surface area contributed by atoms with Crippen LogP contribution in [0.4, 0.5) is 5.69 Å². The van der Waals surface area contributed by atoms with Crippen molar-refractivity contribution in [3.63, 3.8) is 0 Å². The summed E-state index contributed by atoms with van der Waals surface area (Å²) in [6.07, 6.45) is 0. The maximum Gasteiger partial charge on any atom is 0.259 e. The van der Waals surface area contributed by atoms with E-state index in [2.05, 4.69) is 15.5 Å². The molecule has 0 atom stereocenters. The first-order valence-electron chi connectivity index (χ1n) is 9.28. The fourth-order valence-electron chi connectivity index (χ4n) is 3.37. The van der Waals surface area contributed by atoms with Gasteiger partial charge in [0.1, 0.15) is 23.0 Å². The molecule has 0 saturated carbocycles. The minimum atomic E-state index is -0.330. The van der Waals surface area contributed by atoms with Crippen molar-refractivity contribution in [2.45, 2.75) is 20.8 Å². The van der Waals surface area contributed by atoms with Gasteiger partial charge in [-0.3, -0.25) is 4.79 Å². The molecule has 0 radical (unpaired) electrons. The molecule has 1 N–H and O–H groups in total. The van der Waals surface area contributed by atoms with Gasteiger partial charge >= 0.3 is 0 Å². The molecule has 0 bridgehead atoms. The van der Waals surface area contributed by atoms with Gasteiger partial charge < -0.3 is 23.7 Å². The molecule has 0 aliphatic rings. The quantitative estimate of drug-likeness (QED) is 0.513. The zero-order valence-corrected chi connectivity index (χ0v) is 17.3. The predicted molar refractivity (Wildman–Crippen MR) is 111 cm³/mol. The number of carbonyl (C=O) groups is 1. The van der Waals surface area contributed by atoms with Gasteiger partial charge in [0.05, 0.1) is 36.6 Å². The van der Waals surface area contributed by atoms with E-state index in [-0.39, 0.29) is 11.6 Å². The van der Waals surface area contributed by atoms with E-state index in [1.54, 1.807) is 45.4 Å². The number of benzene rings is 1. The molecule has 0 saturated heterocycles. The van der Waals surface area contributed by atoms with Crippen LogP contribution in [-0.4, -0.2) is 30.3 Å². The average molecular weight is 407 g/mol. The zero-order valence-electron chi connectivity index (χ0n) is 17.3. The standard InChI is InChI=1S/C22H21N3O5/c1-11-6-17(13(3)29-11)19-10-18(20-12(2)25-30-22(20)24-19)21(26)23-14-7-15(27-4)9-16(8-14)28-5/h6-10H,1-5H3,(H,23,26). The molecule has 4 aromatic rings. The van der Waals surface area contributed by atoms with Crippen LogP contribution in [0.25, 0.3) is 22.4 Å². The Kier molecular flexibility index (Phi) is 4.91. The summed E-state index contributed by atoms with van der Waals surface area (Å²) in [6, 6.07) is 8.75.